The van der Waals surface area contributed by atoms with Crippen LogP contribution in [0.2, 0.25) is 0 Å². The highest BCUT2D eigenvalue weighted by Gasteiger charge is 2.24. The van der Waals surface area contributed by atoms with E-state index in [0.29, 0.717) is 24.4 Å². The third-order valence-electron chi connectivity index (χ3n) is 4.34. The normalized spacial score (nSPS) is 12.3. The van der Waals surface area contributed by atoms with Crippen LogP contribution < -0.4 is 16.0 Å². The molecule has 0 saturated carbocycles. The van der Waals surface area contributed by atoms with Gasteiger partial charge in [0, 0.05) is 23.7 Å². The van der Waals surface area contributed by atoms with Crippen molar-refractivity contribution in [3.05, 3.63) is 59.7 Å². The summed E-state index contributed by atoms with van der Waals surface area (Å²) in [6, 6.07) is 15.4. The number of carbonyl (C=O) groups excluding carboxylic acids is 2. The average molecular weight is 406 g/mol. The Morgan fingerprint density at radius 1 is 1.11 bits per heavy atom. The number of fused-ring (bicyclic) bond motifs is 1. The summed E-state index contributed by atoms with van der Waals surface area (Å²) in [6.07, 6.45) is 1.64. The molecule has 0 atom stereocenters. The van der Waals surface area contributed by atoms with Gasteiger partial charge in [-0.05, 0) is 43.1 Å². The SMILES string of the molecule is Cl.NCCCNC(=O)c1ccccc1SCC(=O)N1CCc2ccccc21. The van der Waals surface area contributed by atoms with Crippen molar-refractivity contribution in [2.24, 2.45) is 5.73 Å². The number of carbonyl (C=O) groups is 2. The molecule has 3 N–H and O–H groups in total. The number of rotatable bonds is 7. The predicted molar refractivity (Wildman–Crippen MR) is 113 cm³/mol. The van der Waals surface area contributed by atoms with Gasteiger partial charge in [-0.1, -0.05) is 30.3 Å². The number of amides is 2. The predicted octanol–water partition coefficient (Wildman–Crippen LogP) is 2.87. The van der Waals surface area contributed by atoms with E-state index in [4.69, 9.17) is 5.73 Å². The summed E-state index contributed by atoms with van der Waals surface area (Å²) in [7, 11) is 0. The van der Waals surface area contributed by atoms with Gasteiger partial charge >= 0.3 is 0 Å². The van der Waals surface area contributed by atoms with Crippen LogP contribution in [0.1, 0.15) is 22.3 Å². The molecule has 0 bridgehead atoms. The second-order valence-corrected chi connectivity index (χ2v) is 7.12. The Morgan fingerprint density at radius 3 is 2.67 bits per heavy atom. The van der Waals surface area contributed by atoms with E-state index in [2.05, 4.69) is 11.4 Å². The molecule has 2 amide bonds. The van der Waals surface area contributed by atoms with Crippen LogP contribution in [0.3, 0.4) is 0 Å². The van der Waals surface area contributed by atoms with Gasteiger partial charge in [-0.3, -0.25) is 9.59 Å². The number of hydrogen-bond acceptors (Lipinski definition) is 4. The highest BCUT2D eigenvalue weighted by atomic mass is 35.5. The first-order valence-corrected chi connectivity index (χ1v) is 9.77. The molecule has 0 saturated heterocycles. The first-order chi connectivity index (χ1) is 12.7. The Hall–Kier alpha value is -2.02. The van der Waals surface area contributed by atoms with Crippen LogP contribution in [0, 0.1) is 0 Å². The molecular weight excluding hydrogens is 382 g/mol. The van der Waals surface area contributed by atoms with E-state index in [1.807, 2.05) is 41.3 Å². The molecule has 0 spiro atoms. The van der Waals surface area contributed by atoms with Crippen LogP contribution in [0.5, 0.6) is 0 Å². The first kappa shape index (κ1) is 21.3. The lowest BCUT2D eigenvalue weighted by Crippen LogP contribution is -2.30. The fourth-order valence-corrected chi connectivity index (χ4v) is 3.92. The van der Waals surface area contributed by atoms with E-state index in [1.54, 1.807) is 6.07 Å². The van der Waals surface area contributed by atoms with Gasteiger partial charge in [0.25, 0.3) is 5.91 Å². The molecule has 2 aromatic carbocycles. The molecule has 3 rings (SSSR count). The molecule has 0 aliphatic carbocycles. The summed E-state index contributed by atoms with van der Waals surface area (Å²) in [5, 5.41) is 2.87. The molecule has 144 valence electrons. The Kier molecular flexibility index (Phi) is 8.16. The summed E-state index contributed by atoms with van der Waals surface area (Å²) in [6.45, 7) is 1.82. The number of nitrogens with one attached hydrogen (secondary N) is 1. The van der Waals surface area contributed by atoms with Crippen LogP contribution in [0.25, 0.3) is 0 Å². The molecule has 1 aliphatic rings. The van der Waals surface area contributed by atoms with Gasteiger partial charge in [-0.15, -0.1) is 24.2 Å². The number of hydrogen-bond donors (Lipinski definition) is 2. The molecular formula is C20H24ClN3O2S. The maximum atomic E-state index is 12.7. The lowest BCUT2D eigenvalue weighted by Gasteiger charge is -2.17. The smallest absolute Gasteiger partial charge is 0.252 e. The second-order valence-electron chi connectivity index (χ2n) is 6.11. The van der Waals surface area contributed by atoms with Crippen molar-refractivity contribution in [3.8, 4) is 0 Å². The van der Waals surface area contributed by atoms with Crippen LogP contribution in [0.4, 0.5) is 5.69 Å². The maximum Gasteiger partial charge on any atom is 0.252 e. The highest BCUT2D eigenvalue weighted by Crippen LogP contribution is 2.29. The fourth-order valence-electron chi connectivity index (χ4n) is 2.99. The summed E-state index contributed by atoms with van der Waals surface area (Å²) in [4.78, 5) is 27.7. The van der Waals surface area contributed by atoms with E-state index in [0.717, 1.165) is 30.0 Å². The van der Waals surface area contributed by atoms with Crippen molar-refractivity contribution in [1.29, 1.82) is 0 Å². The number of thioether (sulfide) groups is 1. The number of anilines is 1. The topological polar surface area (TPSA) is 75.4 Å². The van der Waals surface area contributed by atoms with E-state index in [1.165, 1.54) is 17.3 Å². The van der Waals surface area contributed by atoms with Gasteiger partial charge in [0.1, 0.15) is 0 Å². The molecule has 1 aliphatic heterocycles. The number of para-hydroxylation sites is 1. The minimum atomic E-state index is -0.125. The molecule has 0 unspecified atom stereocenters. The molecule has 0 fully saturated rings. The van der Waals surface area contributed by atoms with Gasteiger partial charge in [0.05, 0.1) is 11.3 Å². The average Bonchev–Trinajstić information content (AvgIpc) is 3.10. The van der Waals surface area contributed by atoms with E-state index in [-0.39, 0.29) is 24.2 Å². The van der Waals surface area contributed by atoms with Crippen molar-refractivity contribution in [1.82, 2.24) is 5.32 Å². The van der Waals surface area contributed by atoms with E-state index < -0.39 is 0 Å². The fraction of sp³-hybridized carbons (Fsp3) is 0.300. The maximum absolute atomic E-state index is 12.7. The van der Waals surface area contributed by atoms with Crippen LogP contribution in [-0.4, -0.2) is 37.2 Å². The van der Waals surface area contributed by atoms with Crippen molar-refractivity contribution in [2.75, 3.05) is 30.3 Å². The monoisotopic (exact) mass is 405 g/mol. The zero-order chi connectivity index (χ0) is 18.4. The highest BCUT2D eigenvalue weighted by molar-refractivity contribution is 8.00. The molecule has 0 aromatic heterocycles. The van der Waals surface area contributed by atoms with Crippen molar-refractivity contribution in [2.45, 2.75) is 17.7 Å². The molecule has 7 heteroatoms. The quantitative estimate of drug-likeness (QED) is 0.548. The number of nitrogens with zero attached hydrogens (tertiary/aromatic N) is 1. The standard InChI is InChI=1S/C20H23N3O2S.ClH/c21-11-5-12-22-20(25)16-7-2-4-9-18(16)26-14-19(24)23-13-10-15-6-1-3-8-17(15)23;/h1-4,6-9H,5,10-14,21H2,(H,22,25);1H. The number of halogens is 1. The summed E-state index contributed by atoms with van der Waals surface area (Å²) in [5.74, 6) is 0.250. The van der Waals surface area contributed by atoms with Gasteiger partial charge in [0.2, 0.25) is 5.91 Å². The summed E-state index contributed by atoms with van der Waals surface area (Å²) < 4.78 is 0. The Labute approximate surface area is 170 Å². The summed E-state index contributed by atoms with van der Waals surface area (Å²) in [5.41, 5.74) is 8.28. The number of nitrogens with two attached hydrogens (primary N) is 1. The van der Waals surface area contributed by atoms with Gasteiger partial charge in [0.15, 0.2) is 0 Å². The Morgan fingerprint density at radius 2 is 1.85 bits per heavy atom. The Balaban J connectivity index is 0.00000261. The number of benzene rings is 2. The lowest BCUT2D eigenvalue weighted by atomic mass is 10.2. The molecule has 0 radical (unpaired) electrons. The second kappa shape index (κ2) is 10.3. The minimum Gasteiger partial charge on any atom is -0.352 e. The third-order valence-corrected chi connectivity index (χ3v) is 5.40. The van der Waals surface area contributed by atoms with Crippen molar-refractivity contribution >= 4 is 41.7 Å². The zero-order valence-electron chi connectivity index (χ0n) is 15.0. The van der Waals surface area contributed by atoms with Crippen molar-refractivity contribution < 1.29 is 9.59 Å². The van der Waals surface area contributed by atoms with Crippen LogP contribution in [0.15, 0.2) is 53.4 Å². The lowest BCUT2D eigenvalue weighted by molar-refractivity contribution is -0.116. The first-order valence-electron chi connectivity index (χ1n) is 8.79. The van der Waals surface area contributed by atoms with Gasteiger partial charge < -0.3 is 16.0 Å². The van der Waals surface area contributed by atoms with Gasteiger partial charge in [-0.2, -0.15) is 0 Å². The van der Waals surface area contributed by atoms with E-state index >= 15 is 0 Å². The molecule has 27 heavy (non-hydrogen) atoms. The van der Waals surface area contributed by atoms with E-state index in [9.17, 15) is 9.59 Å². The Bertz CT molecular complexity index is 800. The zero-order valence-corrected chi connectivity index (χ0v) is 16.7. The van der Waals surface area contributed by atoms with Crippen LogP contribution >= 0.6 is 24.2 Å². The minimum absolute atomic E-state index is 0. The van der Waals surface area contributed by atoms with Crippen LogP contribution in [-0.2, 0) is 11.2 Å². The third kappa shape index (κ3) is 5.25. The molecule has 1 heterocycles. The summed E-state index contributed by atoms with van der Waals surface area (Å²) >= 11 is 1.41. The molecule has 5 nitrogen and oxygen atoms in total. The largest absolute Gasteiger partial charge is 0.352 e. The van der Waals surface area contributed by atoms with Crippen molar-refractivity contribution in [3.63, 3.8) is 0 Å². The van der Waals surface area contributed by atoms with Gasteiger partial charge in [-0.25, -0.2) is 0 Å². The molecule has 2 aromatic rings.